The van der Waals surface area contributed by atoms with Gasteiger partial charge >= 0.3 is 0 Å². The first-order valence-electron chi connectivity index (χ1n) is 10.6. The van der Waals surface area contributed by atoms with Crippen LogP contribution in [0.1, 0.15) is 38.3 Å². The fourth-order valence-electron chi connectivity index (χ4n) is 4.29. The first-order valence-corrected chi connectivity index (χ1v) is 11.5. The Bertz CT molecular complexity index is 905. The highest BCUT2D eigenvalue weighted by Gasteiger charge is 2.29. The molecule has 4 rings (SSSR count). The van der Waals surface area contributed by atoms with Crippen molar-refractivity contribution in [3.05, 3.63) is 47.5 Å². The van der Waals surface area contributed by atoms with Crippen LogP contribution in [-0.4, -0.2) is 58.8 Å². The zero-order valence-corrected chi connectivity index (χ0v) is 18.2. The molecule has 2 fully saturated rings. The Kier molecular flexibility index (Phi) is 6.59. The van der Waals surface area contributed by atoms with Gasteiger partial charge in [-0.05, 0) is 57.0 Å². The average molecular weight is 425 g/mol. The molecule has 0 saturated carbocycles. The number of hydrogen-bond donors (Lipinski definition) is 0. The predicted octanol–water partition coefficient (Wildman–Crippen LogP) is 3.93. The van der Waals surface area contributed by atoms with Crippen LogP contribution in [0.2, 0.25) is 0 Å². The van der Waals surface area contributed by atoms with Gasteiger partial charge in [0.1, 0.15) is 0 Å². The first kappa shape index (κ1) is 20.8. The molecule has 0 bridgehead atoms. The zero-order chi connectivity index (χ0) is 20.9. The summed E-state index contributed by atoms with van der Waals surface area (Å²) in [6.07, 6.45) is 8.09. The highest BCUT2D eigenvalue weighted by Crippen LogP contribution is 2.29. The summed E-state index contributed by atoms with van der Waals surface area (Å²) in [5, 5.41) is 2.48. The van der Waals surface area contributed by atoms with Crippen LogP contribution in [0.5, 0.6) is 0 Å². The van der Waals surface area contributed by atoms with Crippen molar-refractivity contribution >= 4 is 40.0 Å². The Morgan fingerprint density at radius 2 is 1.93 bits per heavy atom. The van der Waals surface area contributed by atoms with Gasteiger partial charge in [0.25, 0.3) is 0 Å². The van der Waals surface area contributed by atoms with Crippen LogP contribution in [0, 0.1) is 0 Å². The average Bonchev–Trinajstić information content (AvgIpc) is 3.50. The molecule has 3 heterocycles. The van der Waals surface area contributed by atoms with Gasteiger partial charge in [-0.3, -0.25) is 14.5 Å². The summed E-state index contributed by atoms with van der Waals surface area (Å²) in [4.78, 5) is 35.6. The molecule has 1 aromatic carbocycles. The second kappa shape index (κ2) is 9.53. The molecule has 2 aliphatic rings. The lowest BCUT2D eigenvalue weighted by molar-refractivity contribution is -0.127. The Labute approximate surface area is 181 Å². The van der Waals surface area contributed by atoms with E-state index < -0.39 is 0 Å². The van der Waals surface area contributed by atoms with E-state index in [0.29, 0.717) is 16.9 Å². The van der Waals surface area contributed by atoms with E-state index in [1.54, 1.807) is 17.1 Å². The molecule has 1 aromatic heterocycles. The Morgan fingerprint density at radius 1 is 1.17 bits per heavy atom. The minimum Gasteiger partial charge on any atom is -0.335 e. The maximum atomic E-state index is 12.8. The lowest BCUT2D eigenvalue weighted by Crippen LogP contribution is -2.41. The molecule has 1 atom stereocenters. The van der Waals surface area contributed by atoms with Crippen molar-refractivity contribution in [2.75, 3.05) is 31.1 Å². The Balaban J connectivity index is 1.42. The van der Waals surface area contributed by atoms with Gasteiger partial charge in [0.2, 0.25) is 11.8 Å². The summed E-state index contributed by atoms with van der Waals surface area (Å²) in [6, 6.07) is 9.79. The summed E-state index contributed by atoms with van der Waals surface area (Å²) >= 11 is 1.40. The molecule has 0 radical (unpaired) electrons. The molecule has 2 saturated heterocycles. The zero-order valence-electron chi connectivity index (χ0n) is 17.4. The smallest absolute Gasteiger partial charge is 0.246 e. The maximum absolute atomic E-state index is 12.8. The Hall–Kier alpha value is -2.51. The molecule has 0 aliphatic carbocycles. The topological polar surface area (TPSA) is 56.8 Å². The number of para-hydroxylation sites is 1. The van der Waals surface area contributed by atoms with Crippen molar-refractivity contribution in [3.8, 4) is 0 Å². The fourth-order valence-corrected chi connectivity index (χ4v) is 5.15. The number of benzene rings is 1. The van der Waals surface area contributed by atoms with E-state index in [-0.39, 0.29) is 11.8 Å². The SMILES string of the molecule is CC(=O)N(c1ccccc1)c1nc(/C=C/C(=O)N2CCCC2CN2CCCC2)cs1. The van der Waals surface area contributed by atoms with E-state index in [1.165, 1.54) is 31.1 Å². The largest absolute Gasteiger partial charge is 0.335 e. The minimum atomic E-state index is -0.0935. The number of aromatic nitrogens is 1. The van der Waals surface area contributed by atoms with Crippen molar-refractivity contribution < 1.29 is 9.59 Å². The number of carbonyl (C=O) groups is 2. The number of carbonyl (C=O) groups excluding carboxylic acids is 2. The molecule has 1 unspecified atom stereocenters. The highest BCUT2D eigenvalue weighted by atomic mass is 32.1. The van der Waals surface area contributed by atoms with E-state index >= 15 is 0 Å². The van der Waals surface area contributed by atoms with Crippen LogP contribution in [0.15, 0.2) is 41.8 Å². The number of rotatable bonds is 6. The van der Waals surface area contributed by atoms with Gasteiger partial charge in [-0.1, -0.05) is 18.2 Å². The molecular formula is C23H28N4O2S. The minimum absolute atomic E-state index is 0.0535. The van der Waals surface area contributed by atoms with Gasteiger partial charge < -0.3 is 9.80 Å². The molecule has 158 valence electrons. The van der Waals surface area contributed by atoms with Crippen LogP contribution in [-0.2, 0) is 9.59 Å². The third-order valence-electron chi connectivity index (χ3n) is 5.75. The molecule has 2 amide bonds. The number of likely N-dealkylation sites (tertiary alicyclic amines) is 2. The van der Waals surface area contributed by atoms with E-state index in [9.17, 15) is 9.59 Å². The number of anilines is 2. The molecule has 0 N–H and O–H groups in total. The van der Waals surface area contributed by atoms with Crippen LogP contribution in [0.4, 0.5) is 10.8 Å². The van der Waals surface area contributed by atoms with Gasteiger partial charge in [-0.25, -0.2) is 4.98 Å². The van der Waals surface area contributed by atoms with Crippen LogP contribution in [0.25, 0.3) is 6.08 Å². The number of hydrogen-bond acceptors (Lipinski definition) is 5. The first-order chi connectivity index (χ1) is 14.6. The van der Waals surface area contributed by atoms with Crippen molar-refractivity contribution in [3.63, 3.8) is 0 Å². The fraction of sp³-hybridized carbons (Fsp3) is 0.435. The normalized spacial score (nSPS) is 19.6. The monoisotopic (exact) mass is 424 g/mol. The second-order valence-electron chi connectivity index (χ2n) is 7.91. The third kappa shape index (κ3) is 4.79. The summed E-state index contributed by atoms with van der Waals surface area (Å²) in [6.45, 7) is 5.66. The number of nitrogens with zero attached hydrogens (tertiary/aromatic N) is 4. The van der Waals surface area contributed by atoms with Crippen LogP contribution in [0.3, 0.4) is 0 Å². The quantitative estimate of drug-likeness (QED) is 0.660. The van der Waals surface area contributed by atoms with Crippen molar-refractivity contribution in [1.29, 1.82) is 0 Å². The predicted molar refractivity (Wildman–Crippen MR) is 121 cm³/mol. The summed E-state index contributed by atoms with van der Waals surface area (Å²) in [5.74, 6) is -0.0401. The van der Waals surface area contributed by atoms with Gasteiger partial charge in [0, 0.05) is 37.5 Å². The van der Waals surface area contributed by atoms with E-state index in [1.807, 2.05) is 40.6 Å². The molecular weight excluding hydrogens is 396 g/mol. The summed E-state index contributed by atoms with van der Waals surface area (Å²) < 4.78 is 0. The number of thiazole rings is 1. The lowest BCUT2D eigenvalue weighted by Gasteiger charge is -2.27. The maximum Gasteiger partial charge on any atom is 0.246 e. The number of amides is 2. The standard InChI is InChI=1S/C23H28N4O2S/c1-18(28)27(20-8-3-2-4-9-20)23-24-19(17-30-23)11-12-22(29)26-15-7-10-21(26)16-25-13-5-6-14-25/h2-4,8-9,11-12,17,21H,5-7,10,13-16H2,1H3/b12-11+. The molecule has 6 nitrogen and oxygen atoms in total. The van der Waals surface area contributed by atoms with Gasteiger partial charge in [0.05, 0.1) is 11.4 Å². The summed E-state index contributed by atoms with van der Waals surface area (Å²) in [7, 11) is 0. The molecule has 30 heavy (non-hydrogen) atoms. The van der Waals surface area contributed by atoms with E-state index in [0.717, 1.165) is 44.7 Å². The highest BCUT2D eigenvalue weighted by molar-refractivity contribution is 7.14. The van der Waals surface area contributed by atoms with Crippen LogP contribution < -0.4 is 4.90 Å². The van der Waals surface area contributed by atoms with Gasteiger partial charge in [0.15, 0.2) is 5.13 Å². The van der Waals surface area contributed by atoms with E-state index in [2.05, 4.69) is 9.88 Å². The third-order valence-corrected chi connectivity index (χ3v) is 6.60. The molecule has 0 spiro atoms. The molecule has 7 heteroatoms. The van der Waals surface area contributed by atoms with Gasteiger partial charge in [-0.15, -0.1) is 11.3 Å². The van der Waals surface area contributed by atoms with Crippen molar-refractivity contribution in [1.82, 2.24) is 14.8 Å². The molecule has 2 aliphatic heterocycles. The Morgan fingerprint density at radius 3 is 2.67 bits per heavy atom. The lowest BCUT2D eigenvalue weighted by atomic mass is 10.2. The molecule has 2 aromatic rings. The van der Waals surface area contributed by atoms with Gasteiger partial charge in [-0.2, -0.15) is 0 Å². The summed E-state index contributed by atoms with van der Waals surface area (Å²) in [5.41, 5.74) is 1.48. The van der Waals surface area contributed by atoms with Crippen LogP contribution >= 0.6 is 11.3 Å². The second-order valence-corrected chi connectivity index (χ2v) is 8.75. The van der Waals surface area contributed by atoms with Crippen molar-refractivity contribution in [2.45, 2.75) is 38.6 Å². The van der Waals surface area contributed by atoms with Crippen molar-refractivity contribution in [2.24, 2.45) is 0 Å². The van der Waals surface area contributed by atoms with E-state index in [4.69, 9.17) is 0 Å².